The molecule has 0 N–H and O–H groups in total. The number of nitro benzene ring substituents is 1. The summed E-state index contributed by atoms with van der Waals surface area (Å²) in [5.41, 5.74) is 0.424. The highest BCUT2D eigenvalue weighted by Crippen LogP contribution is 2.31. The topological polar surface area (TPSA) is 91.1 Å². The number of para-hydroxylation sites is 2. The first-order chi connectivity index (χ1) is 12.6. The summed E-state index contributed by atoms with van der Waals surface area (Å²) in [6, 6.07) is 11.0. The van der Waals surface area contributed by atoms with Gasteiger partial charge in [0.15, 0.2) is 11.5 Å². The second-order valence-corrected chi connectivity index (χ2v) is 5.60. The third-order valence-corrected chi connectivity index (χ3v) is 4.03. The molecule has 1 fully saturated rings. The van der Waals surface area contributed by atoms with Crippen LogP contribution < -0.4 is 14.4 Å². The van der Waals surface area contributed by atoms with Crippen molar-refractivity contribution >= 4 is 17.3 Å². The molecule has 3 rings (SSSR count). The smallest absolute Gasteiger partial charge is 0.343 e. The molecule has 1 saturated heterocycles. The van der Waals surface area contributed by atoms with E-state index in [0.29, 0.717) is 37.7 Å². The lowest BCUT2D eigenvalue weighted by Gasteiger charge is -2.28. The van der Waals surface area contributed by atoms with Crippen LogP contribution in [0.3, 0.4) is 0 Å². The Bertz CT molecular complexity index is 817. The van der Waals surface area contributed by atoms with Gasteiger partial charge in [0.1, 0.15) is 5.69 Å². The van der Waals surface area contributed by atoms with Crippen LogP contribution in [-0.2, 0) is 4.74 Å². The van der Waals surface area contributed by atoms with E-state index >= 15 is 0 Å². The van der Waals surface area contributed by atoms with Crippen molar-refractivity contribution < 1.29 is 23.9 Å². The summed E-state index contributed by atoms with van der Waals surface area (Å²) in [4.78, 5) is 25.3. The van der Waals surface area contributed by atoms with Gasteiger partial charge in [-0.1, -0.05) is 12.1 Å². The predicted molar refractivity (Wildman–Crippen MR) is 94.1 cm³/mol. The summed E-state index contributed by atoms with van der Waals surface area (Å²) in [6.07, 6.45) is 0. The average Bonchev–Trinajstić information content (AvgIpc) is 2.68. The predicted octanol–water partition coefficient (Wildman–Crippen LogP) is 2.66. The molecule has 136 valence electrons. The van der Waals surface area contributed by atoms with Gasteiger partial charge in [-0.05, 0) is 24.3 Å². The zero-order chi connectivity index (χ0) is 18.5. The first-order valence-corrected chi connectivity index (χ1v) is 8.06. The van der Waals surface area contributed by atoms with Gasteiger partial charge in [-0.3, -0.25) is 10.1 Å². The van der Waals surface area contributed by atoms with Gasteiger partial charge in [0.05, 0.1) is 30.8 Å². The number of nitro groups is 1. The first kappa shape index (κ1) is 17.7. The molecule has 8 heteroatoms. The quantitative estimate of drug-likeness (QED) is 0.351. The van der Waals surface area contributed by atoms with Crippen LogP contribution in [-0.4, -0.2) is 44.3 Å². The Morgan fingerprint density at radius 1 is 1.15 bits per heavy atom. The van der Waals surface area contributed by atoms with Gasteiger partial charge < -0.3 is 19.1 Å². The van der Waals surface area contributed by atoms with Crippen LogP contribution >= 0.6 is 0 Å². The molecule has 1 heterocycles. The molecule has 1 aliphatic rings. The Hall–Kier alpha value is -3.13. The number of carbonyl (C=O) groups is 1. The molecule has 2 aromatic carbocycles. The van der Waals surface area contributed by atoms with Crippen molar-refractivity contribution in [2.75, 3.05) is 38.3 Å². The molecule has 0 spiro atoms. The fourth-order valence-corrected chi connectivity index (χ4v) is 2.73. The summed E-state index contributed by atoms with van der Waals surface area (Å²) in [5, 5.41) is 11.5. The summed E-state index contributed by atoms with van der Waals surface area (Å²) < 4.78 is 15.7. The number of esters is 1. The number of rotatable bonds is 5. The van der Waals surface area contributed by atoms with E-state index < -0.39 is 10.9 Å². The molecule has 0 unspecified atom stereocenters. The van der Waals surface area contributed by atoms with E-state index in [2.05, 4.69) is 0 Å². The number of ether oxygens (including phenoxy) is 3. The van der Waals surface area contributed by atoms with E-state index in [4.69, 9.17) is 14.2 Å². The Kier molecular flexibility index (Phi) is 5.33. The van der Waals surface area contributed by atoms with Gasteiger partial charge in [0.2, 0.25) is 0 Å². The van der Waals surface area contributed by atoms with Crippen LogP contribution in [0.1, 0.15) is 10.4 Å². The van der Waals surface area contributed by atoms with Crippen LogP contribution in [0.4, 0.5) is 11.4 Å². The molecule has 0 amide bonds. The van der Waals surface area contributed by atoms with E-state index in [9.17, 15) is 14.9 Å². The number of benzene rings is 2. The van der Waals surface area contributed by atoms with Crippen LogP contribution in [0.25, 0.3) is 0 Å². The Labute approximate surface area is 150 Å². The summed E-state index contributed by atoms with van der Waals surface area (Å²) >= 11 is 0. The van der Waals surface area contributed by atoms with E-state index in [1.165, 1.54) is 19.2 Å². The third-order valence-electron chi connectivity index (χ3n) is 4.03. The molecule has 0 aromatic heterocycles. The second-order valence-electron chi connectivity index (χ2n) is 5.60. The lowest BCUT2D eigenvalue weighted by atomic mass is 10.1. The number of methoxy groups -OCH3 is 1. The summed E-state index contributed by atoms with van der Waals surface area (Å²) in [5.74, 6) is -0.0358. The van der Waals surface area contributed by atoms with Crippen molar-refractivity contribution in [1.29, 1.82) is 0 Å². The van der Waals surface area contributed by atoms with Crippen LogP contribution in [0, 0.1) is 10.1 Å². The molecule has 0 radical (unpaired) electrons. The van der Waals surface area contributed by atoms with Gasteiger partial charge in [-0.15, -0.1) is 0 Å². The van der Waals surface area contributed by atoms with Crippen LogP contribution in [0.15, 0.2) is 42.5 Å². The third kappa shape index (κ3) is 3.75. The van der Waals surface area contributed by atoms with E-state index in [1.54, 1.807) is 30.3 Å². The van der Waals surface area contributed by atoms with Crippen LogP contribution in [0.2, 0.25) is 0 Å². The van der Waals surface area contributed by atoms with Crippen molar-refractivity contribution in [2.45, 2.75) is 0 Å². The minimum atomic E-state index is -0.689. The molecule has 26 heavy (non-hydrogen) atoms. The maximum atomic E-state index is 12.4. The lowest BCUT2D eigenvalue weighted by molar-refractivity contribution is -0.384. The molecule has 0 atom stereocenters. The fraction of sp³-hybridized carbons (Fsp3) is 0.278. The second kappa shape index (κ2) is 7.83. The number of anilines is 1. The van der Waals surface area contributed by atoms with Crippen molar-refractivity contribution in [3.05, 3.63) is 58.1 Å². The minimum Gasteiger partial charge on any atom is -0.493 e. The van der Waals surface area contributed by atoms with Crippen LogP contribution in [0.5, 0.6) is 11.5 Å². The number of morpholine rings is 1. The number of nitrogens with zero attached hydrogens (tertiary/aromatic N) is 2. The van der Waals surface area contributed by atoms with Gasteiger partial charge in [-0.2, -0.15) is 0 Å². The lowest BCUT2D eigenvalue weighted by Crippen LogP contribution is -2.36. The van der Waals surface area contributed by atoms with Gasteiger partial charge in [0.25, 0.3) is 5.69 Å². The van der Waals surface area contributed by atoms with E-state index in [0.717, 1.165) is 0 Å². The van der Waals surface area contributed by atoms with Crippen molar-refractivity contribution in [3.8, 4) is 11.5 Å². The van der Waals surface area contributed by atoms with Gasteiger partial charge in [-0.25, -0.2) is 4.79 Å². The highest BCUT2D eigenvalue weighted by Gasteiger charge is 2.24. The molecule has 0 saturated carbocycles. The normalized spacial score (nSPS) is 14.0. The highest BCUT2D eigenvalue weighted by atomic mass is 16.6. The molecule has 0 bridgehead atoms. The maximum Gasteiger partial charge on any atom is 0.343 e. The number of carbonyl (C=O) groups excluding carboxylic acids is 1. The SMILES string of the molecule is COc1ccccc1OC(=O)c1ccc(N2CCOCC2)c([N+](=O)[O-])c1. The van der Waals surface area contributed by atoms with E-state index in [1.807, 2.05) is 4.90 Å². The molecule has 0 aliphatic carbocycles. The summed E-state index contributed by atoms with van der Waals surface area (Å²) in [6.45, 7) is 2.14. The average molecular weight is 358 g/mol. The molecule has 2 aromatic rings. The standard InChI is InChI=1S/C18H18N2O6/c1-24-16-4-2-3-5-17(16)26-18(21)13-6-7-14(15(12-13)20(22)23)19-8-10-25-11-9-19/h2-7,12H,8-11H2,1H3. The summed E-state index contributed by atoms with van der Waals surface area (Å²) in [7, 11) is 1.47. The Morgan fingerprint density at radius 2 is 1.85 bits per heavy atom. The van der Waals surface area contributed by atoms with E-state index in [-0.39, 0.29) is 17.0 Å². The monoisotopic (exact) mass is 358 g/mol. The minimum absolute atomic E-state index is 0.0969. The Morgan fingerprint density at radius 3 is 2.50 bits per heavy atom. The largest absolute Gasteiger partial charge is 0.493 e. The van der Waals surface area contributed by atoms with Crippen molar-refractivity contribution in [1.82, 2.24) is 0 Å². The number of hydrogen-bond donors (Lipinski definition) is 0. The Balaban J connectivity index is 1.87. The van der Waals surface area contributed by atoms with Gasteiger partial charge in [0, 0.05) is 19.2 Å². The molecular formula is C18H18N2O6. The molecule has 8 nitrogen and oxygen atoms in total. The first-order valence-electron chi connectivity index (χ1n) is 8.06. The van der Waals surface area contributed by atoms with Gasteiger partial charge >= 0.3 is 5.97 Å². The molecule has 1 aliphatic heterocycles. The molecular weight excluding hydrogens is 340 g/mol. The fourth-order valence-electron chi connectivity index (χ4n) is 2.73. The highest BCUT2D eigenvalue weighted by molar-refractivity contribution is 5.93. The van der Waals surface area contributed by atoms with Crippen molar-refractivity contribution in [2.24, 2.45) is 0 Å². The zero-order valence-corrected chi connectivity index (χ0v) is 14.2. The zero-order valence-electron chi connectivity index (χ0n) is 14.2. The van der Waals surface area contributed by atoms with Crippen molar-refractivity contribution in [3.63, 3.8) is 0 Å². The number of hydrogen-bond acceptors (Lipinski definition) is 7. The maximum absolute atomic E-state index is 12.4.